The van der Waals surface area contributed by atoms with E-state index >= 15 is 0 Å². The van der Waals surface area contributed by atoms with Crippen molar-refractivity contribution >= 4 is 15.9 Å². The molecule has 0 aliphatic carbocycles. The number of hydrogen-bond acceptors (Lipinski definition) is 2. The van der Waals surface area contributed by atoms with Gasteiger partial charge in [0.15, 0.2) is 0 Å². The third kappa shape index (κ3) is 4.31. The van der Waals surface area contributed by atoms with Crippen LogP contribution in [0, 0.1) is 12.8 Å². The average Bonchev–Trinajstić information content (AvgIpc) is 2.18. The van der Waals surface area contributed by atoms with E-state index in [1.165, 1.54) is 11.1 Å². The number of hydrogen-bond donors (Lipinski definition) is 1. The Morgan fingerprint density at radius 2 is 2.13 bits per heavy atom. The number of nitrogens with zero attached hydrogens (tertiary/aromatic N) is 1. The molecule has 84 valence electrons. The van der Waals surface area contributed by atoms with Crippen molar-refractivity contribution in [2.45, 2.75) is 33.4 Å². The van der Waals surface area contributed by atoms with E-state index < -0.39 is 0 Å². The smallest absolute Gasteiger partial charge is 0.0313 e. The lowest BCUT2D eigenvalue weighted by atomic mass is 10.1. The lowest BCUT2D eigenvalue weighted by Gasteiger charge is -2.19. The number of rotatable bonds is 5. The monoisotopic (exact) mass is 270 g/mol. The number of alkyl halides is 1. The van der Waals surface area contributed by atoms with Gasteiger partial charge in [-0.3, -0.25) is 4.98 Å². The SMILES string of the molecule is Cc1cncc(CNC(CBr)C(C)C)c1. The van der Waals surface area contributed by atoms with Crippen LogP contribution in [0.5, 0.6) is 0 Å². The van der Waals surface area contributed by atoms with Crippen molar-refractivity contribution in [3.8, 4) is 0 Å². The van der Waals surface area contributed by atoms with Gasteiger partial charge in [-0.15, -0.1) is 0 Å². The largest absolute Gasteiger partial charge is 0.309 e. The van der Waals surface area contributed by atoms with Crippen LogP contribution in [0.3, 0.4) is 0 Å². The first-order valence-corrected chi connectivity index (χ1v) is 6.45. The fourth-order valence-corrected chi connectivity index (χ4v) is 2.41. The third-order valence-corrected chi connectivity index (χ3v) is 3.17. The Morgan fingerprint density at radius 3 is 2.67 bits per heavy atom. The fraction of sp³-hybridized carbons (Fsp3) is 0.583. The predicted molar refractivity (Wildman–Crippen MR) is 68.2 cm³/mol. The highest BCUT2D eigenvalue weighted by atomic mass is 79.9. The minimum absolute atomic E-state index is 0.519. The Balaban J connectivity index is 2.49. The Labute approximate surface area is 101 Å². The molecule has 0 amide bonds. The van der Waals surface area contributed by atoms with Gasteiger partial charge in [-0.25, -0.2) is 0 Å². The molecule has 0 radical (unpaired) electrons. The molecule has 1 unspecified atom stereocenters. The van der Waals surface area contributed by atoms with Crippen molar-refractivity contribution in [3.05, 3.63) is 29.6 Å². The van der Waals surface area contributed by atoms with Gasteiger partial charge < -0.3 is 5.32 Å². The van der Waals surface area contributed by atoms with Gasteiger partial charge in [-0.2, -0.15) is 0 Å². The van der Waals surface area contributed by atoms with Crippen LogP contribution in [0.2, 0.25) is 0 Å². The summed E-state index contributed by atoms with van der Waals surface area (Å²) < 4.78 is 0. The normalized spacial score (nSPS) is 13.1. The van der Waals surface area contributed by atoms with E-state index in [-0.39, 0.29) is 0 Å². The van der Waals surface area contributed by atoms with Crippen molar-refractivity contribution < 1.29 is 0 Å². The first kappa shape index (κ1) is 12.7. The molecule has 2 nitrogen and oxygen atoms in total. The molecule has 3 heteroatoms. The van der Waals surface area contributed by atoms with E-state index in [0.717, 1.165) is 11.9 Å². The average molecular weight is 271 g/mol. The first-order chi connectivity index (χ1) is 7.13. The highest BCUT2D eigenvalue weighted by Crippen LogP contribution is 2.07. The van der Waals surface area contributed by atoms with Crippen LogP contribution in [0.25, 0.3) is 0 Å². The molecule has 0 saturated heterocycles. The summed E-state index contributed by atoms with van der Waals surface area (Å²) in [4.78, 5) is 4.18. The summed E-state index contributed by atoms with van der Waals surface area (Å²) in [6.45, 7) is 7.42. The standard InChI is InChI=1S/C12H19BrN2/c1-9(2)12(5-13)15-8-11-4-10(3)6-14-7-11/h4,6-7,9,12,15H,5,8H2,1-3H3. The molecule has 15 heavy (non-hydrogen) atoms. The van der Waals surface area contributed by atoms with Gasteiger partial charge in [0, 0.05) is 30.3 Å². The third-order valence-electron chi connectivity index (χ3n) is 2.47. The maximum atomic E-state index is 4.18. The van der Waals surface area contributed by atoms with Gasteiger partial charge in [0.1, 0.15) is 0 Å². The first-order valence-electron chi connectivity index (χ1n) is 5.33. The second-order valence-electron chi connectivity index (χ2n) is 4.26. The van der Waals surface area contributed by atoms with Crippen LogP contribution in [0.1, 0.15) is 25.0 Å². The molecular formula is C12H19BrN2. The minimum Gasteiger partial charge on any atom is -0.309 e. The summed E-state index contributed by atoms with van der Waals surface area (Å²) in [6, 6.07) is 2.69. The molecule has 1 aromatic rings. The Kier molecular flexibility index (Phi) is 5.26. The predicted octanol–water partition coefficient (Wildman–Crippen LogP) is 2.90. The quantitative estimate of drug-likeness (QED) is 0.833. The van der Waals surface area contributed by atoms with E-state index in [2.05, 4.69) is 53.1 Å². The fourth-order valence-electron chi connectivity index (χ4n) is 1.43. The molecule has 1 aromatic heterocycles. The van der Waals surface area contributed by atoms with E-state index in [0.29, 0.717) is 12.0 Å². The van der Waals surface area contributed by atoms with Crippen LogP contribution in [-0.4, -0.2) is 16.4 Å². The van der Waals surface area contributed by atoms with Crippen molar-refractivity contribution in [3.63, 3.8) is 0 Å². The number of aromatic nitrogens is 1. The molecule has 0 aliphatic rings. The van der Waals surface area contributed by atoms with Crippen molar-refractivity contribution in [1.82, 2.24) is 10.3 Å². The molecule has 0 aliphatic heterocycles. The highest BCUT2D eigenvalue weighted by Gasteiger charge is 2.10. The number of halogens is 1. The molecular weight excluding hydrogens is 252 g/mol. The lowest BCUT2D eigenvalue weighted by Crippen LogP contribution is -2.34. The maximum absolute atomic E-state index is 4.18. The summed E-state index contributed by atoms with van der Waals surface area (Å²) in [7, 11) is 0. The number of pyridine rings is 1. The highest BCUT2D eigenvalue weighted by molar-refractivity contribution is 9.09. The van der Waals surface area contributed by atoms with Crippen LogP contribution in [-0.2, 0) is 6.54 Å². The second-order valence-corrected chi connectivity index (χ2v) is 4.90. The second kappa shape index (κ2) is 6.23. The summed E-state index contributed by atoms with van der Waals surface area (Å²) in [5.41, 5.74) is 2.47. The van der Waals surface area contributed by atoms with Gasteiger partial charge in [0.25, 0.3) is 0 Å². The number of nitrogens with one attached hydrogen (secondary N) is 1. The van der Waals surface area contributed by atoms with E-state index in [1.807, 2.05) is 12.4 Å². The zero-order valence-corrected chi connectivity index (χ0v) is 11.2. The minimum atomic E-state index is 0.519. The summed E-state index contributed by atoms with van der Waals surface area (Å²) in [5.74, 6) is 0.641. The summed E-state index contributed by atoms with van der Waals surface area (Å²) in [6.07, 6.45) is 3.81. The molecule has 0 fully saturated rings. The van der Waals surface area contributed by atoms with Gasteiger partial charge in [-0.05, 0) is 24.0 Å². The van der Waals surface area contributed by atoms with E-state index in [4.69, 9.17) is 0 Å². The summed E-state index contributed by atoms with van der Waals surface area (Å²) >= 11 is 3.53. The molecule has 1 N–H and O–H groups in total. The van der Waals surface area contributed by atoms with Gasteiger partial charge >= 0.3 is 0 Å². The van der Waals surface area contributed by atoms with Crippen molar-refractivity contribution in [1.29, 1.82) is 0 Å². The zero-order valence-electron chi connectivity index (χ0n) is 9.63. The molecule has 0 aromatic carbocycles. The molecule has 0 bridgehead atoms. The zero-order chi connectivity index (χ0) is 11.3. The molecule has 1 atom stereocenters. The van der Waals surface area contributed by atoms with E-state index in [9.17, 15) is 0 Å². The van der Waals surface area contributed by atoms with Gasteiger partial charge in [0.05, 0.1) is 0 Å². The van der Waals surface area contributed by atoms with E-state index in [1.54, 1.807) is 0 Å². The van der Waals surface area contributed by atoms with Crippen LogP contribution in [0.4, 0.5) is 0 Å². The lowest BCUT2D eigenvalue weighted by molar-refractivity contribution is 0.434. The van der Waals surface area contributed by atoms with Crippen molar-refractivity contribution in [2.75, 3.05) is 5.33 Å². The van der Waals surface area contributed by atoms with Gasteiger partial charge in [-0.1, -0.05) is 35.8 Å². The Hall–Kier alpha value is -0.410. The topological polar surface area (TPSA) is 24.9 Å². The van der Waals surface area contributed by atoms with Crippen molar-refractivity contribution in [2.24, 2.45) is 5.92 Å². The van der Waals surface area contributed by atoms with Crippen LogP contribution < -0.4 is 5.32 Å². The maximum Gasteiger partial charge on any atom is 0.0313 e. The molecule has 1 heterocycles. The molecule has 0 saturated carbocycles. The summed E-state index contributed by atoms with van der Waals surface area (Å²) in [5, 5.41) is 4.52. The molecule has 0 spiro atoms. The van der Waals surface area contributed by atoms with Crippen LogP contribution >= 0.6 is 15.9 Å². The van der Waals surface area contributed by atoms with Crippen LogP contribution in [0.15, 0.2) is 18.5 Å². The number of aryl methyl sites for hydroxylation is 1. The Bertz CT molecular complexity index is 299. The van der Waals surface area contributed by atoms with Gasteiger partial charge in [0.2, 0.25) is 0 Å². The molecule has 1 rings (SSSR count). The Morgan fingerprint density at radius 1 is 1.40 bits per heavy atom.